The predicted octanol–water partition coefficient (Wildman–Crippen LogP) is -2.06. The van der Waals surface area contributed by atoms with Crippen LogP contribution in [-0.2, 0) is 11.8 Å². The van der Waals surface area contributed by atoms with E-state index in [1.165, 1.54) is 14.0 Å². The number of primary amides is 1. The van der Waals surface area contributed by atoms with Crippen LogP contribution in [0, 0.1) is 0 Å². The molecule has 0 fully saturated rings. The second kappa shape index (κ2) is 4.09. The lowest BCUT2D eigenvalue weighted by molar-refractivity contribution is -0.118. The van der Waals surface area contributed by atoms with Gasteiger partial charge in [-0.2, -0.15) is 0 Å². The van der Waals surface area contributed by atoms with E-state index in [1.54, 1.807) is 0 Å². The first-order valence-electron chi connectivity index (χ1n) is 4.49. The van der Waals surface area contributed by atoms with Crippen molar-refractivity contribution in [1.82, 2.24) is 9.55 Å². The van der Waals surface area contributed by atoms with Crippen molar-refractivity contribution in [2.45, 2.75) is 13.0 Å². The van der Waals surface area contributed by atoms with Crippen LogP contribution in [0.2, 0.25) is 0 Å². The third-order valence-electron chi connectivity index (χ3n) is 2.16. The number of nitrogen functional groups attached to an aromatic ring is 1. The number of aromatic amines is 1. The van der Waals surface area contributed by atoms with Gasteiger partial charge >= 0.3 is 5.69 Å². The van der Waals surface area contributed by atoms with Crippen LogP contribution in [0.4, 0.5) is 11.5 Å². The van der Waals surface area contributed by atoms with Crippen molar-refractivity contribution in [3.63, 3.8) is 0 Å². The van der Waals surface area contributed by atoms with Gasteiger partial charge in [0.2, 0.25) is 5.91 Å². The van der Waals surface area contributed by atoms with Gasteiger partial charge in [-0.05, 0) is 6.92 Å². The lowest BCUT2D eigenvalue weighted by Gasteiger charge is -2.13. The van der Waals surface area contributed by atoms with E-state index in [4.69, 9.17) is 11.5 Å². The molecule has 8 nitrogen and oxygen atoms in total. The molecule has 1 aromatic rings. The van der Waals surface area contributed by atoms with E-state index < -0.39 is 23.2 Å². The van der Waals surface area contributed by atoms with E-state index in [1.807, 2.05) is 4.98 Å². The van der Waals surface area contributed by atoms with Crippen LogP contribution in [0.15, 0.2) is 9.59 Å². The van der Waals surface area contributed by atoms with Gasteiger partial charge in [0.25, 0.3) is 5.56 Å². The van der Waals surface area contributed by atoms with Crippen molar-refractivity contribution in [3.8, 4) is 0 Å². The molecule has 1 unspecified atom stereocenters. The van der Waals surface area contributed by atoms with E-state index in [0.717, 1.165) is 4.57 Å². The normalized spacial score (nSPS) is 12.1. The smallest absolute Gasteiger partial charge is 0.329 e. The number of anilines is 2. The summed E-state index contributed by atoms with van der Waals surface area (Å²) in [5.41, 5.74) is 9.23. The summed E-state index contributed by atoms with van der Waals surface area (Å²) < 4.78 is 1.05. The molecule has 8 heteroatoms. The molecule has 1 rings (SSSR count). The van der Waals surface area contributed by atoms with Crippen LogP contribution in [0.5, 0.6) is 0 Å². The number of H-pyrrole nitrogens is 1. The van der Waals surface area contributed by atoms with E-state index in [9.17, 15) is 14.4 Å². The van der Waals surface area contributed by atoms with Crippen molar-refractivity contribution in [3.05, 3.63) is 20.8 Å². The Kier molecular flexibility index (Phi) is 3.02. The molecular formula is C8H13N5O3. The van der Waals surface area contributed by atoms with Gasteiger partial charge in [0.05, 0.1) is 0 Å². The van der Waals surface area contributed by atoms with Crippen molar-refractivity contribution in [2.75, 3.05) is 11.1 Å². The number of rotatable bonds is 3. The Hall–Kier alpha value is -2.25. The maximum absolute atomic E-state index is 11.4. The number of carbonyl (C=O) groups is 1. The van der Waals surface area contributed by atoms with Crippen molar-refractivity contribution in [2.24, 2.45) is 12.8 Å². The topological polar surface area (TPSA) is 136 Å². The van der Waals surface area contributed by atoms with Gasteiger partial charge in [-0.25, -0.2) is 4.79 Å². The lowest BCUT2D eigenvalue weighted by Crippen LogP contribution is -2.38. The summed E-state index contributed by atoms with van der Waals surface area (Å²) in [4.78, 5) is 35.4. The third-order valence-corrected chi connectivity index (χ3v) is 2.16. The molecule has 6 N–H and O–H groups in total. The number of nitrogens with one attached hydrogen (secondary N) is 2. The fourth-order valence-corrected chi connectivity index (χ4v) is 1.06. The molecule has 16 heavy (non-hydrogen) atoms. The van der Waals surface area contributed by atoms with Crippen LogP contribution >= 0.6 is 0 Å². The van der Waals surface area contributed by atoms with Crippen molar-refractivity contribution < 1.29 is 4.79 Å². The molecule has 0 saturated carbocycles. The number of aromatic nitrogens is 2. The number of amides is 1. The predicted molar refractivity (Wildman–Crippen MR) is 59.0 cm³/mol. The summed E-state index contributed by atoms with van der Waals surface area (Å²) in [6.07, 6.45) is 0. The molecule has 1 atom stereocenters. The molecule has 0 spiro atoms. The molecule has 1 aromatic heterocycles. The largest absolute Gasteiger partial charge is 0.383 e. The molecule has 0 radical (unpaired) electrons. The van der Waals surface area contributed by atoms with Gasteiger partial charge in [-0.3, -0.25) is 19.1 Å². The highest BCUT2D eigenvalue weighted by Gasteiger charge is 2.15. The zero-order valence-corrected chi connectivity index (χ0v) is 8.90. The van der Waals surface area contributed by atoms with Crippen molar-refractivity contribution >= 4 is 17.4 Å². The number of nitrogens with two attached hydrogens (primary N) is 2. The summed E-state index contributed by atoms with van der Waals surface area (Å²) in [7, 11) is 1.40. The van der Waals surface area contributed by atoms with E-state index >= 15 is 0 Å². The Morgan fingerprint density at radius 3 is 2.56 bits per heavy atom. The van der Waals surface area contributed by atoms with E-state index in [-0.39, 0.29) is 11.5 Å². The maximum Gasteiger partial charge on any atom is 0.329 e. The minimum absolute atomic E-state index is 0.0478. The Morgan fingerprint density at radius 2 is 2.06 bits per heavy atom. The quantitative estimate of drug-likeness (QED) is 0.470. The molecule has 88 valence electrons. The Balaban J connectivity index is 3.25. The van der Waals surface area contributed by atoms with Gasteiger partial charge in [0, 0.05) is 7.05 Å². The molecule has 1 heterocycles. The zero-order chi connectivity index (χ0) is 12.5. The van der Waals surface area contributed by atoms with Crippen LogP contribution < -0.4 is 28.0 Å². The SMILES string of the molecule is CC(Nc1c(N)n(C)c(=O)[nH]c1=O)C(N)=O. The number of carbonyl (C=O) groups excluding carboxylic acids is 1. The zero-order valence-electron chi connectivity index (χ0n) is 8.90. The molecule has 0 bridgehead atoms. The first-order valence-corrected chi connectivity index (χ1v) is 4.49. The minimum atomic E-state index is -0.763. The third kappa shape index (κ3) is 2.05. The molecule has 1 amide bonds. The molecule has 0 aliphatic carbocycles. The summed E-state index contributed by atoms with van der Waals surface area (Å²) in [6.45, 7) is 1.48. The Morgan fingerprint density at radius 1 is 1.50 bits per heavy atom. The lowest BCUT2D eigenvalue weighted by atomic mass is 10.3. The fraction of sp³-hybridized carbons (Fsp3) is 0.375. The van der Waals surface area contributed by atoms with Gasteiger partial charge in [-0.1, -0.05) is 0 Å². The fourth-order valence-electron chi connectivity index (χ4n) is 1.06. The monoisotopic (exact) mass is 227 g/mol. The van der Waals surface area contributed by atoms with Gasteiger partial charge in [-0.15, -0.1) is 0 Å². The van der Waals surface area contributed by atoms with E-state index in [2.05, 4.69) is 5.32 Å². The first-order chi connectivity index (χ1) is 7.34. The number of hydrogen-bond donors (Lipinski definition) is 4. The van der Waals surface area contributed by atoms with E-state index in [0.29, 0.717) is 0 Å². The second-order valence-corrected chi connectivity index (χ2v) is 3.35. The summed E-state index contributed by atoms with van der Waals surface area (Å²) in [5.74, 6) is -0.686. The summed E-state index contributed by atoms with van der Waals surface area (Å²) in [6, 6.07) is -0.763. The molecule has 0 aromatic carbocycles. The van der Waals surface area contributed by atoms with Gasteiger partial charge < -0.3 is 16.8 Å². The van der Waals surface area contributed by atoms with Crippen LogP contribution in [-0.4, -0.2) is 21.5 Å². The van der Waals surface area contributed by atoms with Crippen LogP contribution in [0.3, 0.4) is 0 Å². The maximum atomic E-state index is 11.4. The van der Waals surface area contributed by atoms with Gasteiger partial charge in [0.15, 0.2) is 0 Å². The Bertz CT molecular complexity index is 529. The Labute approximate surface area is 90.3 Å². The highest BCUT2D eigenvalue weighted by atomic mass is 16.2. The summed E-state index contributed by atoms with van der Waals surface area (Å²) in [5, 5.41) is 2.54. The molecule has 0 aliphatic rings. The average Bonchev–Trinajstić information content (AvgIpc) is 2.20. The highest BCUT2D eigenvalue weighted by Crippen LogP contribution is 2.09. The number of nitrogens with zero attached hydrogens (tertiary/aromatic N) is 1. The van der Waals surface area contributed by atoms with Crippen LogP contribution in [0.25, 0.3) is 0 Å². The minimum Gasteiger partial charge on any atom is -0.383 e. The molecule has 0 saturated heterocycles. The summed E-state index contributed by atoms with van der Waals surface area (Å²) >= 11 is 0. The molecular weight excluding hydrogens is 214 g/mol. The van der Waals surface area contributed by atoms with Gasteiger partial charge in [0.1, 0.15) is 17.5 Å². The highest BCUT2D eigenvalue weighted by molar-refractivity contribution is 5.83. The first kappa shape index (κ1) is 11.8. The second-order valence-electron chi connectivity index (χ2n) is 3.35. The standard InChI is InChI=1S/C8H13N5O3/c1-3(6(10)14)11-4-5(9)13(2)8(16)12-7(4)15/h3,11H,9H2,1-2H3,(H2,10,14)(H,12,15,16). The van der Waals surface area contributed by atoms with Crippen molar-refractivity contribution in [1.29, 1.82) is 0 Å². The molecule has 0 aliphatic heterocycles. The number of hydrogen-bond acceptors (Lipinski definition) is 5. The average molecular weight is 227 g/mol. The van der Waals surface area contributed by atoms with Crippen LogP contribution in [0.1, 0.15) is 6.92 Å².